The summed E-state index contributed by atoms with van der Waals surface area (Å²) < 4.78 is 15.7. The number of hydrogen-bond donors (Lipinski definition) is 2. The van der Waals surface area contributed by atoms with Crippen LogP contribution in [0, 0.1) is 6.92 Å². The molecule has 9 heteroatoms. The highest BCUT2D eigenvalue weighted by atomic mass is 35.5. The second-order valence-electron chi connectivity index (χ2n) is 6.36. The number of methoxy groups -OCH3 is 3. The van der Waals surface area contributed by atoms with E-state index in [1.54, 1.807) is 12.1 Å². The van der Waals surface area contributed by atoms with Crippen molar-refractivity contribution in [1.82, 2.24) is 0 Å². The number of thiocarbonyl (C=S) groups is 1. The number of halogens is 1. The fraction of sp³-hybridized carbons (Fsp3) is 0.182. The Morgan fingerprint density at radius 2 is 1.71 bits per heavy atom. The number of benzene rings is 2. The Morgan fingerprint density at radius 3 is 2.32 bits per heavy atom. The minimum absolute atomic E-state index is 0.269. The third-order valence-corrected chi connectivity index (χ3v) is 6.01. The number of nitrogens with one attached hydrogen (secondary N) is 2. The van der Waals surface area contributed by atoms with Gasteiger partial charge in [0.15, 0.2) is 5.11 Å². The molecule has 3 rings (SSSR count). The Kier molecular flexibility index (Phi) is 7.37. The number of rotatable bonds is 6. The number of anilines is 2. The molecule has 1 heterocycles. The van der Waals surface area contributed by atoms with Crippen molar-refractivity contribution in [2.45, 2.75) is 6.92 Å². The molecule has 0 saturated heterocycles. The molecular formula is C22H21ClN2O4S2. The zero-order valence-corrected chi connectivity index (χ0v) is 19.8. The van der Waals surface area contributed by atoms with Gasteiger partial charge in [-0.1, -0.05) is 41.9 Å². The number of esters is 1. The molecule has 0 aliphatic rings. The molecule has 0 aliphatic heterocycles. The summed E-state index contributed by atoms with van der Waals surface area (Å²) in [5.74, 6) is 0.543. The fourth-order valence-electron chi connectivity index (χ4n) is 3.10. The van der Waals surface area contributed by atoms with Crippen LogP contribution in [0.25, 0.3) is 11.1 Å². The van der Waals surface area contributed by atoms with Crippen molar-refractivity contribution in [2.24, 2.45) is 0 Å². The number of ether oxygens (including phenoxy) is 3. The molecule has 2 N–H and O–H groups in total. The van der Waals surface area contributed by atoms with Gasteiger partial charge in [-0.3, -0.25) is 0 Å². The topological polar surface area (TPSA) is 68.8 Å². The Bertz CT molecular complexity index is 1120. The van der Waals surface area contributed by atoms with Crippen LogP contribution < -0.4 is 20.1 Å². The van der Waals surface area contributed by atoms with Crippen LogP contribution in [-0.2, 0) is 4.74 Å². The van der Waals surface area contributed by atoms with E-state index in [1.807, 2.05) is 37.3 Å². The van der Waals surface area contributed by atoms with Crippen LogP contribution in [0.15, 0.2) is 42.5 Å². The molecule has 2 aromatic carbocycles. The second-order valence-corrected chi connectivity index (χ2v) is 8.40. The lowest BCUT2D eigenvalue weighted by atomic mass is 10.0. The molecule has 31 heavy (non-hydrogen) atoms. The average Bonchev–Trinajstić information content (AvgIpc) is 3.09. The highest BCUT2D eigenvalue weighted by molar-refractivity contribution is 7.80. The van der Waals surface area contributed by atoms with Gasteiger partial charge in [0.05, 0.1) is 32.0 Å². The van der Waals surface area contributed by atoms with Crippen LogP contribution in [0.5, 0.6) is 11.5 Å². The van der Waals surface area contributed by atoms with E-state index < -0.39 is 5.97 Å². The summed E-state index contributed by atoms with van der Waals surface area (Å²) in [6.45, 7) is 1.95. The summed E-state index contributed by atoms with van der Waals surface area (Å²) in [5, 5.41) is 7.43. The number of thiophene rings is 1. The lowest BCUT2D eigenvalue weighted by Crippen LogP contribution is -2.20. The summed E-state index contributed by atoms with van der Waals surface area (Å²) in [6, 6.07) is 13.0. The maximum atomic E-state index is 12.6. The van der Waals surface area contributed by atoms with Crippen molar-refractivity contribution >= 4 is 56.9 Å². The van der Waals surface area contributed by atoms with Gasteiger partial charge in [-0.2, -0.15) is 0 Å². The van der Waals surface area contributed by atoms with E-state index in [0.29, 0.717) is 32.8 Å². The zero-order valence-electron chi connectivity index (χ0n) is 17.4. The molecule has 0 fully saturated rings. The van der Waals surface area contributed by atoms with Crippen molar-refractivity contribution in [1.29, 1.82) is 0 Å². The van der Waals surface area contributed by atoms with E-state index >= 15 is 0 Å². The standard InChI is InChI=1S/C22H21ClN2O4S2/c1-12-18(13-8-6-5-7-9-13)19(21(26)29-4)20(31-12)25-22(30)24-15-10-14(23)16(27-2)11-17(15)28-3/h5-11H,1-4H3,(H2,24,25,30). The van der Waals surface area contributed by atoms with Gasteiger partial charge >= 0.3 is 5.97 Å². The van der Waals surface area contributed by atoms with Crippen molar-refractivity contribution in [3.8, 4) is 22.6 Å². The highest BCUT2D eigenvalue weighted by Gasteiger charge is 2.24. The number of aryl methyl sites for hydroxylation is 1. The van der Waals surface area contributed by atoms with Gasteiger partial charge in [0, 0.05) is 16.5 Å². The molecule has 0 radical (unpaired) electrons. The fourth-order valence-corrected chi connectivity index (χ4v) is 4.68. The van der Waals surface area contributed by atoms with E-state index in [1.165, 1.54) is 32.7 Å². The molecule has 0 atom stereocenters. The third kappa shape index (κ3) is 4.92. The highest BCUT2D eigenvalue weighted by Crippen LogP contribution is 2.41. The molecule has 162 valence electrons. The first-order chi connectivity index (χ1) is 14.9. The van der Waals surface area contributed by atoms with E-state index in [2.05, 4.69) is 10.6 Å². The maximum absolute atomic E-state index is 12.6. The zero-order chi connectivity index (χ0) is 22.5. The van der Waals surface area contributed by atoms with Crippen molar-refractivity contribution in [3.05, 3.63) is 57.9 Å². The van der Waals surface area contributed by atoms with Crippen molar-refractivity contribution in [3.63, 3.8) is 0 Å². The van der Waals surface area contributed by atoms with Gasteiger partial charge in [-0.25, -0.2) is 4.79 Å². The Morgan fingerprint density at radius 1 is 1.03 bits per heavy atom. The van der Waals surface area contributed by atoms with E-state index in [4.69, 9.17) is 38.0 Å². The summed E-state index contributed by atoms with van der Waals surface area (Å²) in [5.41, 5.74) is 2.72. The Labute approximate surface area is 195 Å². The maximum Gasteiger partial charge on any atom is 0.341 e. The summed E-state index contributed by atoms with van der Waals surface area (Å²) in [7, 11) is 4.42. The van der Waals surface area contributed by atoms with Crippen molar-refractivity contribution < 1.29 is 19.0 Å². The first kappa shape index (κ1) is 22.9. The summed E-state index contributed by atoms with van der Waals surface area (Å²) in [4.78, 5) is 13.6. The third-order valence-electron chi connectivity index (χ3n) is 4.49. The van der Waals surface area contributed by atoms with E-state index in [0.717, 1.165) is 16.0 Å². The second kappa shape index (κ2) is 10.00. The van der Waals surface area contributed by atoms with Crippen LogP contribution in [-0.4, -0.2) is 32.4 Å². The smallest absolute Gasteiger partial charge is 0.341 e. The minimum atomic E-state index is -0.446. The molecule has 0 saturated carbocycles. The predicted molar refractivity (Wildman–Crippen MR) is 130 cm³/mol. The summed E-state index contributed by atoms with van der Waals surface area (Å²) >= 11 is 13.1. The lowest BCUT2D eigenvalue weighted by Gasteiger charge is -2.15. The van der Waals surface area contributed by atoms with Gasteiger partial charge in [0.25, 0.3) is 0 Å². The minimum Gasteiger partial charge on any atom is -0.495 e. The number of hydrogen-bond acceptors (Lipinski definition) is 6. The quantitative estimate of drug-likeness (QED) is 0.334. The number of carbonyl (C=O) groups is 1. The average molecular weight is 477 g/mol. The molecule has 0 spiro atoms. The molecule has 1 aromatic heterocycles. The Hall–Kier alpha value is -2.81. The van der Waals surface area contributed by atoms with Crippen LogP contribution in [0.2, 0.25) is 5.02 Å². The van der Waals surface area contributed by atoms with Gasteiger partial charge < -0.3 is 24.8 Å². The van der Waals surface area contributed by atoms with Crippen LogP contribution in [0.4, 0.5) is 10.7 Å². The van der Waals surface area contributed by atoms with Gasteiger partial charge in [0.2, 0.25) is 0 Å². The molecule has 0 aliphatic carbocycles. The van der Waals surface area contributed by atoms with Crippen LogP contribution in [0.3, 0.4) is 0 Å². The molecule has 6 nitrogen and oxygen atoms in total. The van der Waals surface area contributed by atoms with Crippen LogP contribution >= 0.6 is 35.2 Å². The van der Waals surface area contributed by atoms with Gasteiger partial charge in [-0.05, 0) is 30.8 Å². The molecule has 0 unspecified atom stereocenters. The first-order valence-corrected chi connectivity index (χ1v) is 10.8. The van der Waals surface area contributed by atoms with Gasteiger partial charge in [-0.15, -0.1) is 11.3 Å². The molecular weight excluding hydrogens is 456 g/mol. The predicted octanol–water partition coefficient (Wildman–Crippen LogP) is 5.99. The normalized spacial score (nSPS) is 10.4. The number of carbonyl (C=O) groups excluding carboxylic acids is 1. The first-order valence-electron chi connectivity index (χ1n) is 9.16. The Balaban J connectivity index is 1.94. The molecule has 3 aromatic rings. The summed E-state index contributed by atoms with van der Waals surface area (Å²) in [6.07, 6.45) is 0. The molecule has 0 amide bonds. The monoisotopic (exact) mass is 476 g/mol. The van der Waals surface area contributed by atoms with Gasteiger partial charge in [0.1, 0.15) is 22.1 Å². The van der Waals surface area contributed by atoms with Crippen molar-refractivity contribution in [2.75, 3.05) is 32.0 Å². The molecule has 0 bridgehead atoms. The van der Waals surface area contributed by atoms with Crippen LogP contribution in [0.1, 0.15) is 15.2 Å². The lowest BCUT2D eigenvalue weighted by molar-refractivity contribution is 0.0603. The SMILES string of the molecule is COC(=O)c1c(NC(=S)Nc2cc(Cl)c(OC)cc2OC)sc(C)c1-c1ccccc1. The van der Waals surface area contributed by atoms with E-state index in [-0.39, 0.29) is 5.11 Å². The van der Waals surface area contributed by atoms with E-state index in [9.17, 15) is 4.79 Å². The largest absolute Gasteiger partial charge is 0.495 e.